The normalized spacial score (nSPS) is 12.7. The molecule has 0 spiro atoms. The van der Waals surface area contributed by atoms with Gasteiger partial charge in [0, 0.05) is 12.9 Å². The summed E-state index contributed by atoms with van der Waals surface area (Å²) in [5.41, 5.74) is 1.60. The number of aromatic nitrogens is 2. The van der Waals surface area contributed by atoms with Gasteiger partial charge in [0.15, 0.2) is 0 Å². The fourth-order valence-corrected chi connectivity index (χ4v) is 3.69. The Kier molecular flexibility index (Phi) is 6.32. The second-order valence-electron chi connectivity index (χ2n) is 8.22. The minimum absolute atomic E-state index is 0.0947. The second-order valence-corrected chi connectivity index (χ2v) is 8.49. The van der Waals surface area contributed by atoms with Gasteiger partial charge in [-0.1, -0.05) is 37.3 Å². The summed E-state index contributed by atoms with van der Waals surface area (Å²) in [7, 11) is 1.73. The van der Waals surface area contributed by atoms with E-state index in [1.165, 1.54) is 0 Å². The summed E-state index contributed by atoms with van der Waals surface area (Å²) in [6.45, 7) is 7.58. The van der Waals surface area contributed by atoms with Crippen LogP contribution in [0.5, 0.6) is 0 Å². The third-order valence-electron chi connectivity index (χ3n) is 5.60. The van der Waals surface area contributed by atoms with Crippen LogP contribution in [-0.4, -0.2) is 33.3 Å². The van der Waals surface area contributed by atoms with Crippen LogP contribution in [0.15, 0.2) is 53.3 Å². The number of nitrogens with zero attached hydrogens (tertiary/aromatic N) is 3. The van der Waals surface area contributed by atoms with Gasteiger partial charge in [-0.05, 0) is 51.0 Å². The first kappa shape index (κ1) is 22.0. The number of alkyl halides is 1. The molecule has 0 aliphatic carbocycles. The van der Waals surface area contributed by atoms with Gasteiger partial charge < -0.3 is 4.90 Å². The Bertz CT molecular complexity index is 1140. The van der Waals surface area contributed by atoms with Gasteiger partial charge in [0.25, 0.3) is 5.56 Å². The van der Waals surface area contributed by atoms with Gasteiger partial charge >= 0.3 is 0 Å². The van der Waals surface area contributed by atoms with E-state index in [9.17, 15) is 9.59 Å². The maximum atomic E-state index is 13.6. The predicted molar refractivity (Wildman–Crippen MR) is 122 cm³/mol. The van der Waals surface area contributed by atoms with Crippen molar-refractivity contribution < 1.29 is 4.79 Å². The molecule has 1 unspecified atom stereocenters. The van der Waals surface area contributed by atoms with Crippen molar-refractivity contribution in [2.75, 3.05) is 12.9 Å². The van der Waals surface area contributed by atoms with Crippen molar-refractivity contribution in [2.24, 2.45) is 5.41 Å². The van der Waals surface area contributed by atoms with Crippen molar-refractivity contribution in [3.63, 3.8) is 0 Å². The molecule has 1 atom stereocenters. The first-order valence-corrected chi connectivity index (χ1v) is 10.7. The summed E-state index contributed by atoms with van der Waals surface area (Å²) in [4.78, 5) is 33.1. The van der Waals surface area contributed by atoms with Crippen LogP contribution in [0.2, 0.25) is 0 Å². The lowest BCUT2D eigenvalue weighted by molar-refractivity contribution is -0.140. The first-order valence-electron chi connectivity index (χ1n) is 10.2. The number of rotatable bonds is 6. The zero-order chi connectivity index (χ0) is 22.1. The molecule has 5 nitrogen and oxygen atoms in total. The summed E-state index contributed by atoms with van der Waals surface area (Å²) >= 11 is 6.03. The van der Waals surface area contributed by atoms with E-state index in [1.54, 1.807) is 22.6 Å². The minimum atomic E-state index is -0.714. The molecule has 1 heterocycles. The molecule has 3 rings (SSSR count). The highest BCUT2D eigenvalue weighted by molar-refractivity contribution is 6.19. The predicted octanol–water partition coefficient (Wildman–Crippen LogP) is 4.73. The quantitative estimate of drug-likeness (QED) is 0.536. The number of aryl methyl sites for hydroxylation is 1. The molecule has 0 saturated heterocycles. The SMILES string of the molecule is CCc1ccccc1-n1c(C(C)N(C)C(=O)C(C)(C)CCl)nc2ccccc2c1=O. The molecule has 1 aromatic heterocycles. The minimum Gasteiger partial charge on any atom is -0.335 e. The number of hydrogen-bond acceptors (Lipinski definition) is 3. The zero-order valence-corrected chi connectivity index (χ0v) is 18.9. The van der Waals surface area contributed by atoms with Crippen LogP contribution >= 0.6 is 11.6 Å². The van der Waals surface area contributed by atoms with Gasteiger partial charge in [-0.25, -0.2) is 4.98 Å². The molecule has 6 heteroatoms. The smallest absolute Gasteiger partial charge is 0.266 e. The Morgan fingerprint density at radius 3 is 2.47 bits per heavy atom. The summed E-state index contributed by atoms with van der Waals surface area (Å²) < 4.78 is 1.66. The number of halogens is 1. The number of para-hydroxylation sites is 2. The average Bonchev–Trinajstić information content (AvgIpc) is 2.77. The topological polar surface area (TPSA) is 55.2 Å². The third-order valence-corrected chi connectivity index (χ3v) is 6.27. The number of carbonyl (C=O) groups excluding carboxylic acids is 1. The van der Waals surface area contributed by atoms with E-state index in [1.807, 2.05) is 63.2 Å². The molecule has 0 bridgehead atoms. The molecule has 158 valence electrons. The van der Waals surface area contributed by atoms with Crippen molar-refractivity contribution >= 4 is 28.4 Å². The highest BCUT2D eigenvalue weighted by Crippen LogP contribution is 2.28. The molecule has 1 amide bonds. The molecule has 0 saturated carbocycles. The Morgan fingerprint density at radius 2 is 1.80 bits per heavy atom. The third kappa shape index (κ3) is 3.86. The summed E-state index contributed by atoms with van der Waals surface area (Å²) in [5, 5.41) is 0.550. The van der Waals surface area contributed by atoms with E-state index in [0.29, 0.717) is 16.7 Å². The van der Waals surface area contributed by atoms with Crippen molar-refractivity contribution in [2.45, 2.75) is 40.2 Å². The van der Waals surface area contributed by atoms with Gasteiger partial charge in [0.1, 0.15) is 5.82 Å². The highest BCUT2D eigenvalue weighted by atomic mass is 35.5. The van der Waals surface area contributed by atoms with Crippen LogP contribution in [-0.2, 0) is 11.2 Å². The zero-order valence-electron chi connectivity index (χ0n) is 18.1. The highest BCUT2D eigenvalue weighted by Gasteiger charge is 2.33. The summed E-state index contributed by atoms with van der Waals surface area (Å²) in [6.07, 6.45) is 0.775. The van der Waals surface area contributed by atoms with E-state index in [2.05, 4.69) is 6.92 Å². The Balaban J connectivity index is 2.28. The van der Waals surface area contributed by atoms with Gasteiger partial charge in [-0.15, -0.1) is 11.6 Å². The Morgan fingerprint density at radius 1 is 1.17 bits per heavy atom. The second kappa shape index (κ2) is 8.60. The molecule has 0 aliphatic heterocycles. The molecular formula is C24H28ClN3O2. The van der Waals surface area contributed by atoms with Crippen LogP contribution in [0.3, 0.4) is 0 Å². The van der Waals surface area contributed by atoms with Crippen LogP contribution < -0.4 is 5.56 Å². The van der Waals surface area contributed by atoms with E-state index in [-0.39, 0.29) is 17.3 Å². The van der Waals surface area contributed by atoms with Crippen LogP contribution in [0.1, 0.15) is 45.1 Å². The molecule has 0 radical (unpaired) electrons. The molecule has 2 aromatic carbocycles. The molecule has 0 aliphatic rings. The largest absolute Gasteiger partial charge is 0.335 e. The van der Waals surface area contributed by atoms with Gasteiger partial charge in [0.05, 0.1) is 28.0 Å². The van der Waals surface area contributed by atoms with Gasteiger partial charge in [0.2, 0.25) is 5.91 Å². The lowest BCUT2D eigenvalue weighted by Gasteiger charge is -2.33. The number of fused-ring (bicyclic) bond motifs is 1. The van der Waals surface area contributed by atoms with E-state index < -0.39 is 11.5 Å². The van der Waals surface area contributed by atoms with Crippen molar-refractivity contribution in [3.05, 3.63) is 70.3 Å². The molecule has 0 fully saturated rings. The Hall–Kier alpha value is -2.66. The lowest BCUT2D eigenvalue weighted by atomic mass is 9.94. The van der Waals surface area contributed by atoms with Crippen molar-refractivity contribution in [3.8, 4) is 5.69 Å². The molecule has 30 heavy (non-hydrogen) atoms. The maximum Gasteiger partial charge on any atom is 0.266 e. The molecule has 0 N–H and O–H groups in total. The standard InChI is InChI=1S/C24H28ClN3O2/c1-6-17-11-7-10-14-20(17)28-21(16(2)27(5)23(30)24(3,4)15-25)26-19-13-9-8-12-18(19)22(28)29/h7-14,16H,6,15H2,1-5H3. The van der Waals surface area contributed by atoms with Gasteiger partial charge in [-0.3, -0.25) is 14.2 Å². The van der Waals surface area contributed by atoms with Crippen LogP contribution in [0, 0.1) is 5.41 Å². The van der Waals surface area contributed by atoms with Crippen LogP contribution in [0.4, 0.5) is 0 Å². The van der Waals surface area contributed by atoms with E-state index in [0.717, 1.165) is 17.7 Å². The Labute approximate surface area is 182 Å². The number of benzene rings is 2. The lowest BCUT2D eigenvalue weighted by Crippen LogP contribution is -2.42. The monoisotopic (exact) mass is 425 g/mol. The van der Waals surface area contributed by atoms with Crippen molar-refractivity contribution in [1.29, 1.82) is 0 Å². The fourth-order valence-electron chi connectivity index (χ4n) is 3.57. The average molecular weight is 426 g/mol. The fraction of sp³-hybridized carbons (Fsp3) is 0.375. The van der Waals surface area contributed by atoms with Gasteiger partial charge in [-0.2, -0.15) is 0 Å². The van der Waals surface area contributed by atoms with E-state index in [4.69, 9.17) is 16.6 Å². The first-order chi connectivity index (χ1) is 14.2. The molecular weight excluding hydrogens is 398 g/mol. The number of carbonyl (C=O) groups is 1. The van der Waals surface area contributed by atoms with E-state index >= 15 is 0 Å². The van der Waals surface area contributed by atoms with Crippen LogP contribution in [0.25, 0.3) is 16.6 Å². The number of amides is 1. The summed E-state index contributed by atoms with van der Waals surface area (Å²) in [6, 6.07) is 14.7. The maximum absolute atomic E-state index is 13.6. The molecule has 3 aromatic rings. The van der Waals surface area contributed by atoms with Crippen molar-refractivity contribution in [1.82, 2.24) is 14.5 Å². The number of hydrogen-bond donors (Lipinski definition) is 0. The summed E-state index contributed by atoms with van der Waals surface area (Å²) in [5.74, 6) is 0.642.